The van der Waals surface area contributed by atoms with E-state index in [1.165, 1.54) is 231 Å². The molecule has 0 saturated carbocycles. The van der Waals surface area contributed by atoms with Crippen molar-refractivity contribution < 1.29 is 37.3 Å². The molecular formula is C73H138N2O7P+. The van der Waals surface area contributed by atoms with E-state index in [9.17, 15) is 19.0 Å². The number of quaternary nitrogens is 1. The third kappa shape index (κ3) is 64.0. The number of unbranched alkanes of at least 4 members (excludes halogenated alkanes) is 41. The van der Waals surface area contributed by atoms with E-state index in [4.69, 9.17) is 13.8 Å². The maximum atomic E-state index is 13.6. The lowest BCUT2D eigenvalue weighted by molar-refractivity contribution is -0.870. The lowest BCUT2D eigenvalue weighted by Gasteiger charge is -2.27. The van der Waals surface area contributed by atoms with Crippen molar-refractivity contribution in [2.45, 2.75) is 354 Å². The fourth-order valence-electron chi connectivity index (χ4n) is 10.5. The number of nitrogens with zero attached hydrogens (tertiary/aromatic N) is 1. The summed E-state index contributed by atoms with van der Waals surface area (Å²) in [5.74, 6) is -0.495. The maximum Gasteiger partial charge on any atom is 0.472 e. The van der Waals surface area contributed by atoms with Crippen LogP contribution in [0.2, 0.25) is 0 Å². The fourth-order valence-corrected chi connectivity index (χ4v) is 11.2. The molecule has 0 aliphatic carbocycles. The van der Waals surface area contributed by atoms with Crippen molar-refractivity contribution in [3.05, 3.63) is 60.8 Å². The predicted molar refractivity (Wildman–Crippen MR) is 360 cm³/mol. The fraction of sp³-hybridized carbons (Fsp3) is 0.836. The first-order chi connectivity index (χ1) is 40.4. The Balaban J connectivity index is 5.00. The Kier molecular flexibility index (Phi) is 61.0. The molecule has 3 atom stereocenters. The molecular weight excluding hydrogens is 1050 g/mol. The Morgan fingerprint density at radius 2 is 0.735 bits per heavy atom. The number of hydrogen-bond acceptors (Lipinski definition) is 6. The lowest BCUT2D eigenvalue weighted by atomic mass is 10.0. The van der Waals surface area contributed by atoms with Crippen molar-refractivity contribution in [1.82, 2.24) is 5.32 Å². The number of rotatable bonds is 65. The first kappa shape index (κ1) is 80.7. The van der Waals surface area contributed by atoms with Crippen LogP contribution in [-0.4, -0.2) is 74.3 Å². The van der Waals surface area contributed by atoms with Crippen molar-refractivity contribution in [2.24, 2.45) is 0 Å². The van der Waals surface area contributed by atoms with Crippen LogP contribution in [0, 0.1) is 0 Å². The number of esters is 1. The van der Waals surface area contributed by atoms with E-state index in [-0.39, 0.29) is 31.5 Å². The molecule has 0 bridgehead atoms. The molecule has 2 N–H and O–H groups in total. The van der Waals surface area contributed by atoms with E-state index in [2.05, 4.69) is 74.7 Å². The number of allylic oxidation sites excluding steroid dienone is 9. The van der Waals surface area contributed by atoms with Crippen LogP contribution in [0.5, 0.6) is 0 Å². The highest BCUT2D eigenvalue weighted by molar-refractivity contribution is 7.47. The number of phosphoric acid groups is 1. The molecule has 0 aliphatic rings. The number of carbonyl (C=O) groups excluding carboxylic acids is 2. The average molecular weight is 1190 g/mol. The second-order valence-electron chi connectivity index (χ2n) is 25.4. The first-order valence-corrected chi connectivity index (χ1v) is 37.1. The molecule has 0 spiro atoms. The van der Waals surface area contributed by atoms with Crippen LogP contribution in [0.3, 0.4) is 0 Å². The van der Waals surface area contributed by atoms with Crippen LogP contribution in [0.1, 0.15) is 342 Å². The first-order valence-electron chi connectivity index (χ1n) is 35.6. The van der Waals surface area contributed by atoms with E-state index >= 15 is 0 Å². The molecule has 0 heterocycles. The average Bonchev–Trinajstić information content (AvgIpc) is 3.51. The molecule has 486 valence electrons. The van der Waals surface area contributed by atoms with E-state index in [1.54, 1.807) is 0 Å². The zero-order valence-corrected chi connectivity index (χ0v) is 56.6. The second kappa shape index (κ2) is 62.8. The van der Waals surface area contributed by atoms with Gasteiger partial charge in [0.2, 0.25) is 5.91 Å². The van der Waals surface area contributed by atoms with Crippen LogP contribution in [0.25, 0.3) is 0 Å². The molecule has 0 radical (unpaired) electrons. The highest BCUT2D eigenvalue weighted by Crippen LogP contribution is 2.43. The Hall–Kier alpha value is -2.29. The number of ether oxygens (including phenoxy) is 1. The third-order valence-electron chi connectivity index (χ3n) is 16.0. The minimum absolute atomic E-state index is 0.0407. The normalized spacial score (nSPS) is 13.9. The molecule has 0 fully saturated rings. The van der Waals surface area contributed by atoms with Crippen LogP contribution in [0.15, 0.2) is 60.8 Å². The van der Waals surface area contributed by atoms with Crippen LogP contribution in [0.4, 0.5) is 0 Å². The van der Waals surface area contributed by atoms with Crippen LogP contribution < -0.4 is 5.32 Å². The molecule has 0 aromatic rings. The van der Waals surface area contributed by atoms with Crippen LogP contribution in [-0.2, 0) is 27.9 Å². The van der Waals surface area contributed by atoms with Gasteiger partial charge in [-0.15, -0.1) is 0 Å². The van der Waals surface area contributed by atoms with Crippen molar-refractivity contribution in [2.75, 3.05) is 40.9 Å². The van der Waals surface area contributed by atoms with Gasteiger partial charge in [-0.3, -0.25) is 18.6 Å². The lowest BCUT2D eigenvalue weighted by Crippen LogP contribution is -2.47. The predicted octanol–water partition coefficient (Wildman–Crippen LogP) is 22.6. The summed E-state index contributed by atoms with van der Waals surface area (Å²) >= 11 is 0. The topological polar surface area (TPSA) is 111 Å². The quantitative estimate of drug-likeness (QED) is 0.0205. The van der Waals surface area contributed by atoms with Gasteiger partial charge in [-0.05, 0) is 76.7 Å². The Morgan fingerprint density at radius 1 is 0.422 bits per heavy atom. The summed E-state index contributed by atoms with van der Waals surface area (Å²) in [6.45, 7) is 7.02. The number of likely N-dealkylation sites (N-methyl/N-ethyl adjacent to an activating group) is 1. The Morgan fingerprint density at radius 3 is 1.12 bits per heavy atom. The summed E-state index contributed by atoms with van der Waals surface area (Å²) in [5, 5.41) is 3.07. The summed E-state index contributed by atoms with van der Waals surface area (Å²) < 4.78 is 30.8. The van der Waals surface area contributed by atoms with Gasteiger partial charge < -0.3 is 19.4 Å². The summed E-state index contributed by atoms with van der Waals surface area (Å²) in [6, 6.07) is -0.848. The molecule has 3 unspecified atom stereocenters. The Bertz CT molecular complexity index is 1600. The van der Waals surface area contributed by atoms with Crippen molar-refractivity contribution in [1.29, 1.82) is 0 Å². The number of amides is 1. The monoisotopic (exact) mass is 1190 g/mol. The zero-order valence-electron chi connectivity index (χ0n) is 55.7. The molecule has 10 heteroatoms. The largest absolute Gasteiger partial charge is 0.472 e. The summed E-state index contributed by atoms with van der Waals surface area (Å²) in [6.07, 6.45) is 80.9. The number of carbonyl (C=O) groups is 2. The third-order valence-corrected chi connectivity index (χ3v) is 16.9. The molecule has 83 heavy (non-hydrogen) atoms. The van der Waals surface area contributed by atoms with Crippen LogP contribution >= 0.6 is 7.82 Å². The number of hydrogen-bond donors (Lipinski definition) is 2. The van der Waals surface area contributed by atoms with Gasteiger partial charge in [-0.25, -0.2) is 4.57 Å². The smallest absolute Gasteiger partial charge is 0.456 e. The van der Waals surface area contributed by atoms with Gasteiger partial charge in [0.15, 0.2) is 0 Å². The van der Waals surface area contributed by atoms with Crippen molar-refractivity contribution >= 4 is 19.7 Å². The molecule has 0 rings (SSSR count). The van der Waals surface area contributed by atoms with Gasteiger partial charge >= 0.3 is 13.8 Å². The molecule has 0 aliphatic heterocycles. The molecule has 9 nitrogen and oxygen atoms in total. The van der Waals surface area contributed by atoms with E-state index in [1.807, 2.05) is 33.3 Å². The van der Waals surface area contributed by atoms with Gasteiger partial charge in [0, 0.05) is 12.8 Å². The molecule has 1 amide bonds. The van der Waals surface area contributed by atoms with Crippen molar-refractivity contribution in [3.8, 4) is 0 Å². The highest BCUT2D eigenvalue weighted by atomic mass is 31.2. The van der Waals surface area contributed by atoms with E-state index in [0.29, 0.717) is 17.4 Å². The van der Waals surface area contributed by atoms with Gasteiger partial charge in [-0.2, -0.15) is 0 Å². The van der Waals surface area contributed by atoms with Crippen molar-refractivity contribution in [3.63, 3.8) is 0 Å². The Labute approximate surface area is 515 Å². The summed E-state index contributed by atoms with van der Waals surface area (Å²) in [5.41, 5.74) is 0. The SMILES string of the molecule is CCCCC/C=C\C/C=C\C/C=C\C/C=C\CCCCCCCCCCCCCC(=O)OC(/C=C/CCCCCCCCCCC)C(COP(=O)(O)OCC[N+](C)(C)C)NC(=O)CCCCCCCCCCCCCCCCCCCCC. The van der Waals surface area contributed by atoms with Gasteiger partial charge in [0.25, 0.3) is 0 Å². The minimum Gasteiger partial charge on any atom is -0.456 e. The summed E-state index contributed by atoms with van der Waals surface area (Å²) in [4.78, 5) is 37.9. The zero-order chi connectivity index (χ0) is 60.7. The minimum atomic E-state index is -4.45. The van der Waals surface area contributed by atoms with Gasteiger partial charge in [0.1, 0.15) is 19.3 Å². The molecule has 0 aromatic carbocycles. The summed E-state index contributed by atoms with van der Waals surface area (Å²) in [7, 11) is 1.50. The molecule has 0 aromatic heterocycles. The van der Waals surface area contributed by atoms with Gasteiger partial charge in [-0.1, -0.05) is 313 Å². The highest BCUT2D eigenvalue weighted by Gasteiger charge is 2.30. The standard InChI is InChI=1S/C73H137N2O7P/c1-7-10-13-16-19-22-25-27-29-31-33-34-35-36-37-38-39-40-42-44-46-48-51-54-57-60-63-66-73(77)82-71(64-61-58-55-52-49-24-21-18-15-12-9-3)70(69-81-83(78,79)80-68-67-75(4,5)6)74-72(76)65-62-59-56-53-50-47-45-43-41-32-30-28-26-23-20-17-14-11-8-2/h19,22,27,29,33-34,36-37,61,64,70-71H,7-18,20-21,23-26,28,30-32,35,38-60,62-63,65-69H2,1-6H3,(H-,74,76,78,79)/p+1/b22-19-,29-27-,34-33-,37-36-,64-61+. The van der Waals surface area contributed by atoms with E-state index in [0.717, 1.165) is 77.0 Å². The van der Waals surface area contributed by atoms with E-state index < -0.39 is 20.0 Å². The molecule has 0 saturated heterocycles. The van der Waals surface area contributed by atoms with Gasteiger partial charge in [0.05, 0.1) is 33.8 Å². The number of nitrogens with one attached hydrogen (secondary N) is 1. The second-order valence-corrected chi connectivity index (χ2v) is 26.9. The number of phosphoric ester groups is 1. The maximum absolute atomic E-state index is 13.6.